The number of amides is 5. The molecule has 0 saturated carbocycles. The van der Waals surface area contributed by atoms with Gasteiger partial charge in [-0.15, -0.1) is 0 Å². The van der Waals surface area contributed by atoms with Gasteiger partial charge in [0.2, 0.25) is 29.5 Å². The van der Waals surface area contributed by atoms with E-state index in [1.165, 1.54) is 38.2 Å². The molecule has 0 aliphatic carbocycles. The second-order valence-electron chi connectivity index (χ2n) is 10.8. The highest BCUT2D eigenvalue weighted by Gasteiger charge is 2.31. The number of primary amides is 1. The van der Waals surface area contributed by atoms with Crippen LogP contribution in [0.3, 0.4) is 0 Å². The molecule has 0 spiro atoms. The van der Waals surface area contributed by atoms with Gasteiger partial charge in [0, 0.05) is 24.9 Å². The maximum atomic E-state index is 13.5. The number of carbonyl (C=O) groups is 5. The van der Waals surface area contributed by atoms with Gasteiger partial charge in [-0.3, -0.25) is 39.0 Å². The summed E-state index contributed by atoms with van der Waals surface area (Å²) in [6.45, 7) is 4.11. The number of likely N-dealkylation sites (N-methyl/N-ethyl adjacent to an activating group) is 1. The highest BCUT2D eigenvalue weighted by Crippen LogP contribution is 2.22. The molecule has 3 atom stereocenters. The fraction of sp³-hybridized carbons (Fsp3) is 0.414. The molecule has 3 unspecified atom stereocenters. The van der Waals surface area contributed by atoms with Crippen LogP contribution in [-0.2, 0) is 30.4 Å². The standard InChI is InChI=1S/C29H39N7O8/c1-17(2)13-24(27(31)40)33-28(41)18(3)35(20-7-9-21(10-8-20)36(43)44)26(39)16-34(4)25(38)15-32-29(42)23(30)14-19-5-11-22(37)12-6-19/h5-12,17-18,23-24,37H,13-16,30H2,1-4H3,(H2,31,40)(H,32,42)(H,33,41). The first-order valence-corrected chi connectivity index (χ1v) is 13.8. The number of benzene rings is 2. The van der Waals surface area contributed by atoms with Crippen molar-refractivity contribution in [1.29, 1.82) is 0 Å². The van der Waals surface area contributed by atoms with Crippen molar-refractivity contribution in [2.24, 2.45) is 17.4 Å². The van der Waals surface area contributed by atoms with E-state index < -0.39 is 65.7 Å². The molecule has 238 valence electrons. The first kappa shape index (κ1) is 35.1. The topological polar surface area (TPSA) is 231 Å². The smallest absolute Gasteiger partial charge is 0.269 e. The normalized spacial score (nSPS) is 12.9. The van der Waals surface area contributed by atoms with Crippen LogP contribution in [0.4, 0.5) is 11.4 Å². The number of rotatable bonds is 15. The van der Waals surface area contributed by atoms with Crippen LogP contribution in [-0.4, -0.2) is 82.7 Å². The number of nitrogens with one attached hydrogen (secondary N) is 2. The molecule has 0 radical (unpaired) electrons. The molecule has 15 nitrogen and oxygen atoms in total. The number of hydrogen-bond donors (Lipinski definition) is 5. The van der Waals surface area contributed by atoms with Crippen LogP contribution in [0.5, 0.6) is 5.75 Å². The third-order valence-electron chi connectivity index (χ3n) is 6.68. The summed E-state index contributed by atoms with van der Waals surface area (Å²) >= 11 is 0. The summed E-state index contributed by atoms with van der Waals surface area (Å²) < 4.78 is 0. The monoisotopic (exact) mass is 613 g/mol. The van der Waals surface area contributed by atoms with Crippen LogP contribution in [0, 0.1) is 16.0 Å². The molecule has 0 aromatic heterocycles. The number of phenolic OH excluding ortho intramolecular Hbond substituents is 1. The molecule has 0 aliphatic heterocycles. The second-order valence-corrected chi connectivity index (χ2v) is 10.8. The minimum atomic E-state index is -1.21. The largest absolute Gasteiger partial charge is 0.508 e. The number of hydrogen-bond acceptors (Lipinski definition) is 9. The fourth-order valence-electron chi connectivity index (χ4n) is 4.22. The van der Waals surface area contributed by atoms with Crippen LogP contribution in [0.2, 0.25) is 0 Å². The van der Waals surface area contributed by atoms with E-state index in [2.05, 4.69) is 10.6 Å². The number of non-ortho nitro benzene ring substituents is 1. The molecular weight excluding hydrogens is 574 g/mol. The molecule has 0 aliphatic rings. The Kier molecular flexibility index (Phi) is 12.8. The lowest BCUT2D eigenvalue weighted by Crippen LogP contribution is -2.55. The van der Waals surface area contributed by atoms with E-state index in [0.29, 0.717) is 5.56 Å². The number of nitrogens with two attached hydrogens (primary N) is 2. The van der Waals surface area contributed by atoms with E-state index in [1.807, 2.05) is 13.8 Å². The summed E-state index contributed by atoms with van der Waals surface area (Å²) in [5, 5.41) is 25.5. The molecule has 0 saturated heterocycles. The number of anilines is 1. The van der Waals surface area contributed by atoms with E-state index in [4.69, 9.17) is 11.5 Å². The Bertz CT molecular complexity index is 1350. The van der Waals surface area contributed by atoms with E-state index in [0.717, 1.165) is 21.9 Å². The summed E-state index contributed by atoms with van der Waals surface area (Å²) in [7, 11) is 1.33. The van der Waals surface area contributed by atoms with Gasteiger partial charge in [-0.25, -0.2) is 0 Å². The minimum Gasteiger partial charge on any atom is -0.508 e. The highest BCUT2D eigenvalue weighted by molar-refractivity contribution is 6.03. The Morgan fingerprint density at radius 3 is 2.07 bits per heavy atom. The zero-order valence-corrected chi connectivity index (χ0v) is 25.1. The van der Waals surface area contributed by atoms with Crippen LogP contribution in [0.25, 0.3) is 0 Å². The summed E-state index contributed by atoms with van der Waals surface area (Å²) in [6, 6.07) is 7.88. The van der Waals surface area contributed by atoms with E-state index in [1.54, 1.807) is 12.1 Å². The molecule has 44 heavy (non-hydrogen) atoms. The van der Waals surface area contributed by atoms with Crippen molar-refractivity contribution in [3.05, 3.63) is 64.2 Å². The maximum absolute atomic E-state index is 13.5. The Morgan fingerprint density at radius 1 is 0.955 bits per heavy atom. The molecule has 2 rings (SSSR count). The average molecular weight is 614 g/mol. The molecule has 0 fully saturated rings. The second kappa shape index (κ2) is 16.0. The molecule has 15 heteroatoms. The fourth-order valence-corrected chi connectivity index (χ4v) is 4.22. The number of phenols is 1. The zero-order valence-electron chi connectivity index (χ0n) is 25.1. The van der Waals surface area contributed by atoms with Crippen LogP contribution < -0.4 is 27.0 Å². The number of aromatic hydroxyl groups is 1. The minimum absolute atomic E-state index is 0.0260. The zero-order chi connectivity index (χ0) is 33.1. The summed E-state index contributed by atoms with van der Waals surface area (Å²) in [5.41, 5.74) is 12.0. The van der Waals surface area contributed by atoms with E-state index in [9.17, 15) is 39.2 Å². The van der Waals surface area contributed by atoms with Crippen LogP contribution >= 0.6 is 0 Å². The predicted octanol–water partition coefficient (Wildman–Crippen LogP) is 0.183. The van der Waals surface area contributed by atoms with Crippen molar-refractivity contribution in [2.75, 3.05) is 25.0 Å². The molecule has 0 bridgehead atoms. The summed E-state index contributed by atoms with van der Waals surface area (Å²) in [6.07, 6.45) is 0.424. The molecule has 2 aromatic rings. The SMILES string of the molecule is CC(C)CC(NC(=O)C(C)N(C(=O)CN(C)C(=O)CNC(=O)C(N)Cc1ccc(O)cc1)c1ccc([N+](=O)[O-])cc1)C(N)=O. The molecule has 5 amide bonds. The Labute approximate surface area is 254 Å². The van der Waals surface area contributed by atoms with Crippen LogP contribution in [0.1, 0.15) is 32.8 Å². The van der Waals surface area contributed by atoms with Gasteiger partial charge in [-0.05, 0) is 55.5 Å². The Balaban J connectivity index is 2.14. The molecule has 0 heterocycles. The van der Waals surface area contributed by atoms with Crippen molar-refractivity contribution in [1.82, 2.24) is 15.5 Å². The third-order valence-corrected chi connectivity index (χ3v) is 6.68. The number of nitro groups is 1. The molecular formula is C29H39N7O8. The number of nitrogens with zero attached hydrogens (tertiary/aromatic N) is 3. The first-order chi connectivity index (χ1) is 20.6. The molecule has 7 N–H and O–H groups in total. The lowest BCUT2D eigenvalue weighted by atomic mass is 10.0. The van der Waals surface area contributed by atoms with Crippen LogP contribution in [0.15, 0.2) is 48.5 Å². The molecule has 2 aromatic carbocycles. The van der Waals surface area contributed by atoms with Gasteiger partial charge < -0.3 is 32.1 Å². The van der Waals surface area contributed by atoms with Gasteiger partial charge in [-0.2, -0.15) is 0 Å². The van der Waals surface area contributed by atoms with Crippen molar-refractivity contribution in [3.8, 4) is 5.75 Å². The lowest BCUT2D eigenvalue weighted by Gasteiger charge is -2.31. The first-order valence-electron chi connectivity index (χ1n) is 13.8. The summed E-state index contributed by atoms with van der Waals surface area (Å²) in [4.78, 5) is 76.4. The average Bonchev–Trinajstić information content (AvgIpc) is 2.96. The van der Waals surface area contributed by atoms with Gasteiger partial charge in [-0.1, -0.05) is 26.0 Å². The van der Waals surface area contributed by atoms with Crippen molar-refractivity contribution < 1.29 is 34.0 Å². The van der Waals surface area contributed by atoms with Crippen molar-refractivity contribution in [3.63, 3.8) is 0 Å². The number of nitro benzene ring substituents is 1. The highest BCUT2D eigenvalue weighted by atomic mass is 16.6. The summed E-state index contributed by atoms with van der Waals surface area (Å²) in [5.74, 6) is -3.31. The van der Waals surface area contributed by atoms with E-state index >= 15 is 0 Å². The van der Waals surface area contributed by atoms with Gasteiger partial charge >= 0.3 is 0 Å². The maximum Gasteiger partial charge on any atom is 0.269 e. The van der Waals surface area contributed by atoms with E-state index in [-0.39, 0.29) is 35.9 Å². The predicted molar refractivity (Wildman–Crippen MR) is 161 cm³/mol. The lowest BCUT2D eigenvalue weighted by molar-refractivity contribution is -0.384. The van der Waals surface area contributed by atoms with Crippen molar-refractivity contribution in [2.45, 2.75) is 51.7 Å². The van der Waals surface area contributed by atoms with Gasteiger partial charge in [0.25, 0.3) is 5.69 Å². The van der Waals surface area contributed by atoms with Gasteiger partial charge in [0.05, 0.1) is 24.1 Å². The Morgan fingerprint density at radius 2 is 1.55 bits per heavy atom. The Hall–Kier alpha value is -5.05. The third kappa shape index (κ3) is 10.3. The quantitative estimate of drug-likeness (QED) is 0.136. The van der Waals surface area contributed by atoms with Gasteiger partial charge in [0.15, 0.2) is 0 Å². The number of carbonyl (C=O) groups excluding carboxylic acids is 5. The van der Waals surface area contributed by atoms with Crippen molar-refractivity contribution >= 4 is 40.9 Å². The van der Waals surface area contributed by atoms with Gasteiger partial charge in [0.1, 0.15) is 17.8 Å².